The van der Waals surface area contributed by atoms with Gasteiger partial charge in [0.05, 0.1) is 30.7 Å². The molecule has 2 aliphatic heterocycles. The van der Waals surface area contributed by atoms with Crippen LogP contribution in [0.1, 0.15) is 26.2 Å². The van der Waals surface area contributed by atoms with Gasteiger partial charge < -0.3 is 9.47 Å². The van der Waals surface area contributed by atoms with Crippen molar-refractivity contribution in [3.05, 3.63) is 54.6 Å². The van der Waals surface area contributed by atoms with Gasteiger partial charge in [-0.15, -0.1) is 0 Å². The number of nitrogens with zero attached hydrogens (tertiary/aromatic N) is 2. The summed E-state index contributed by atoms with van der Waals surface area (Å²) in [6.07, 6.45) is 1.44. The van der Waals surface area contributed by atoms with Crippen molar-refractivity contribution in [2.75, 3.05) is 24.6 Å². The number of hydrogen-bond donors (Lipinski definition) is 0. The Morgan fingerprint density at radius 3 is 2.26 bits per heavy atom. The van der Waals surface area contributed by atoms with Crippen LogP contribution >= 0.6 is 0 Å². The number of ether oxygens (including phenoxy) is 2. The van der Waals surface area contributed by atoms with Gasteiger partial charge in [-0.1, -0.05) is 18.2 Å². The van der Waals surface area contributed by atoms with E-state index in [1.54, 1.807) is 31.2 Å². The number of anilines is 1. The third kappa shape index (κ3) is 4.61. The summed E-state index contributed by atoms with van der Waals surface area (Å²) in [4.78, 5) is 40.9. The average Bonchev–Trinajstić information content (AvgIpc) is 3.09. The lowest BCUT2D eigenvalue weighted by molar-refractivity contribution is -0.149. The van der Waals surface area contributed by atoms with E-state index in [-0.39, 0.29) is 30.1 Å². The molecule has 0 saturated carbocycles. The fourth-order valence-corrected chi connectivity index (χ4v) is 4.17. The van der Waals surface area contributed by atoms with E-state index in [9.17, 15) is 14.4 Å². The predicted molar refractivity (Wildman–Crippen MR) is 115 cm³/mol. The molecule has 2 aromatic rings. The minimum absolute atomic E-state index is 0.128. The van der Waals surface area contributed by atoms with Crippen molar-refractivity contribution in [3.63, 3.8) is 0 Å². The Bertz CT molecular complexity index is 936. The van der Waals surface area contributed by atoms with Crippen LogP contribution in [-0.4, -0.2) is 48.4 Å². The van der Waals surface area contributed by atoms with E-state index in [0.29, 0.717) is 44.0 Å². The summed E-state index contributed by atoms with van der Waals surface area (Å²) >= 11 is 0. The highest BCUT2D eigenvalue weighted by molar-refractivity contribution is 6.22. The van der Waals surface area contributed by atoms with E-state index < -0.39 is 6.04 Å². The molecule has 2 saturated heterocycles. The van der Waals surface area contributed by atoms with Gasteiger partial charge in [0.1, 0.15) is 11.5 Å². The smallest absolute Gasteiger partial charge is 0.309 e. The Kier molecular flexibility index (Phi) is 6.32. The molecule has 0 spiro atoms. The Morgan fingerprint density at radius 2 is 1.61 bits per heavy atom. The number of amides is 2. The van der Waals surface area contributed by atoms with Crippen molar-refractivity contribution in [2.45, 2.75) is 32.2 Å². The second-order valence-corrected chi connectivity index (χ2v) is 7.76. The lowest BCUT2D eigenvalue weighted by Gasteiger charge is -2.33. The van der Waals surface area contributed by atoms with E-state index in [1.165, 1.54) is 4.90 Å². The lowest BCUT2D eigenvalue weighted by atomic mass is 9.95. The zero-order valence-electron chi connectivity index (χ0n) is 17.5. The summed E-state index contributed by atoms with van der Waals surface area (Å²) in [6.45, 7) is 3.37. The normalized spacial score (nSPS) is 20.2. The molecule has 31 heavy (non-hydrogen) atoms. The standard InChI is InChI=1S/C24H26N2O5/c1-2-30-24(29)17-12-14-25(15-13-17)21-16-22(27)26(23(21)28)18-8-10-20(11-9-18)31-19-6-4-3-5-7-19/h3-11,17,21H,2,12-16H2,1H3/t21-/m1/s1. The maximum absolute atomic E-state index is 13.1. The first-order chi connectivity index (χ1) is 15.1. The van der Waals surface area contributed by atoms with Gasteiger partial charge in [0.15, 0.2) is 0 Å². The zero-order valence-corrected chi connectivity index (χ0v) is 17.5. The highest BCUT2D eigenvalue weighted by atomic mass is 16.5. The molecule has 4 rings (SSSR count). The first kappa shape index (κ1) is 21.1. The molecular formula is C24H26N2O5. The van der Waals surface area contributed by atoms with Crippen LogP contribution in [0.2, 0.25) is 0 Å². The molecule has 0 radical (unpaired) electrons. The maximum Gasteiger partial charge on any atom is 0.309 e. The van der Waals surface area contributed by atoms with Gasteiger partial charge in [0.2, 0.25) is 5.91 Å². The van der Waals surface area contributed by atoms with E-state index in [2.05, 4.69) is 0 Å². The Hall–Kier alpha value is -3.19. The minimum Gasteiger partial charge on any atom is -0.466 e. The third-order valence-electron chi connectivity index (χ3n) is 5.79. The molecule has 1 atom stereocenters. The monoisotopic (exact) mass is 422 g/mol. The van der Waals surface area contributed by atoms with Gasteiger partial charge >= 0.3 is 5.97 Å². The molecule has 0 unspecified atom stereocenters. The number of piperidine rings is 1. The van der Waals surface area contributed by atoms with Gasteiger partial charge in [0.25, 0.3) is 5.91 Å². The molecule has 0 aromatic heterocycles. The molecule has 2 amide bonds. The second-order valence-electron chi connectivity index (χ2n) is 7.76. The van der Waals surface area contributed by atoms with Crippen molar-refractivity contribution in [2.24, 2.45) is 5.92 Å². The van der Waals surface area contributed by atoms with Gasteiger partial charge in [-0.3, -0.25) is 19.3 Å². The molecule has 2 aliphatic rings. The fraction of sp³-hybridized carbons (Fsp3) is 0.375. The quantitative estimate of drug-likeness (QED) is 0.525. The number of imide groups is 1. The Morgan fingerprint density at radius 1 is 0.968 bits per heavy atom. The molecule has 2 heterocycles. The van der Waals surface area contributed by atoms with Crippen molar-refractivity contribution in [1.82, 2.24) is 4.90 Å². The SMILES string of the molecule is CCOC(=O)C1CCN([C@@H]2CC(=O)N(c3ccc(Oc4ccccc4)cc3)C2=O)CC1. The molecular weight excluding hydrogens is 396 g/mol. The Balaban J connectivity index is 1.39. The maximum atomic E-state index is 13.1. The molecule has 7 nitrogen and oxygen atoms in total. The number of esters is 1. The van der Waals surface area contributed by atoms with Crippen molar-refractivity contribution >= 4 is 23.5 Å². The second kappa shape index (κ2) is 9.31. The highest BCUT2D eigenvalue weighted by Gasteiger charge is 2.44. The van der Waals surface area contributed by atoms with Crippen LogP contribution in [0.3, 0.4) is 0 Å². The average molecular weight is 422 g/mol. The number of hydrogen-bond acceptors (Lipinski definition) is 6. The van der Waals surface area contributed by atoms with Crippen molar-refractivity contribution < 1.29 is 23.9 Å². The number of carbonyl (C=O) groups excluding carboxylic acids is 3. The minimum atomic E-state index is -0.476. The molecule has 0 N–H and O–H groups in total. The predicted octanol–water partition coefficient (Wildman–Crippen LogP) is 3.39. The lowest BCUT2D eigenvalue weighted by Crippen LogP contribution is -2.47. The number of rotatable bonds is 6. The summed E-state index contributed by atoms with van der Waals surface area (Å²) < 4.78 is 10.9. The zero-order chi connectivity index (χ0) is 21.8. The fourth-order valence-electron chi connectivity index (χ4n) is 4.17. The van der Waals surface area contributed by atoms with Crippen LogP contribution in [0, 0.1) is 5.92 Å². The first-order valence-electron chi connectivity index (χ1n) is 10.7. The van der Waals surface area contributed by atoms with Crippen LogP contribution in [0.5, 0.6) is 11.5 Å². The molecule has 0 bridgehead atoms. The van der Waals surface area contributed by atoms with Crippen LogP contribution in [0.4, 0.5) is 5.69 Å². The molecule has 0 aliphatic carbocycles. The van der Waals surface area contributed by atoms with Crippen molar-refractivity contribution in [3.8, 4) is 11.5 Å². The van der Waals surface area contributed by atoms with Crippen LogP contribution in [-0.2, 0) is 19.1 Å². The Labute approximate surface area is 181 Å². The topological polar surface area (TPSA) is 76.2 Å². The van der Waals surface area contributed by atoms with E-state index in [4.69, 9.17) is 9.47 Å². The van der Waals surface area contributed by atoms with Crippen LogP contribution in [0.25, 0.3) is 0 Å². The summed E-state index contributed by atoms with van der Waals surface area (Å²) in [7, 11) is 0. The summed E-state index contributed by atoms with van der Waals surface area (Å²) in [6, 6.07) is 15.9. The number of carbonyl (C=O) groups is 3. The summed E-state index contributed by atoms with van der Waals surface area (Å²) in [5.41, 5.74) is 0.541. The molecule has 162 valence electrons. The van der Waals surface area contributed by atoms with Crippen LogP contribution in [0.15, 0.2) is 54.6 Å². The number of benzene rings is 2. The molecule has 2 aromatic carbocycles. The van der Waals surface area contributed by atoms with Gasteiger partial charge in [-0.2, -0.15) is 0 Å². The van der Waals surface area contributed by atoms with Crippen molar-refractivity contribution in [1.29, 1.82) is 0 Å². The molecule has 7 heteroatoms. The number of para-hydroxylation sites is 1. The third-order valence-corrected chi connectivity index (χ3v) is 5.79. The summed E-state index contributed by atoms with van der Waals surface area (Å²) in [5, 5.41) is 0. The van der Waals surface area contributed by atoms with E-state index in [0.717, 1.165) is 5.75 Å². The van der Waals surface area contributed by atoms with E-state index in [1.807, 2.05) is 35.2 Å². The van der Waals surface area contributed by atoms with Crippen LogP contribution < -0.4 is 9.64 Å². The number of likely N-dealkylation sites (tertiary alicyclic amines) is 1. The van der Waals surface area contributed by atoms with Gasteiger partial charge in [-0.05, 0) is 69.3 Å². The first-order valence-corrected chi connectivity index (χ1v) is 10.7. The van der Waals surface area contributed by atoms with E-state index >= 15 is 0 Å². The largest absolute Gasteiger partial charge is 0.466 e. The van der Waals surface area contributed by atoms with Gasteiger partial charge in [-0.25, -0.2) is 4.90 Å². The summed E-state index contributed by atoms with van der Waals surface area (Å²) in [5.74, 6) is 0.629. The highest BCUT2D eigenvalue weighted by Crippen LogP contribution is 2.31. The van der Waals surface area contributed by atoms with Gasteiger partial charge in [0, 0.05) is 0 Å². The molecule has 2 fully saturated rings.